The van der Waals surface area contributed by atoms with Gasteiger partial charge in [-0.05, 0) is 51.5 Å². The monoisotopic (exact) mass is 546 g/mol. The molecule has 220 valence electrons. The number of nitrogens with one attached hydrogen (secondary N) is 5. The lowest BCUT2D eigenvalue weighted by Gasteiger charge is -2.25. The van der Waals surface area contributed by atoms with E-state index in [1.54, 1.807) is 0 Å². The fourth-order valence-electron chi connectivity index (χ4n) is 3.39. The Bertz CT molecular complexity index is 768. The van der Waals surface area contributed by atoms with Crippen molar-refractivity contribution in [3.8, 4) is 0 Å². The van der Waals surface area contributed by atoms with E-state index in [2.05, 4.69) is 26.7 Å². The molecule has 0 aromatic rings. The lowest BCUT2D eigenvalue weighted by atomic mass is 10.0. The van der Waals surface area contributed by atoms with Gasteiger partial charge in [0.15, 0.2) is 0 Å². The third kappa shape index (κ3) is 14.2. The van der Waals surface area contributed by atoms with Crippen molar-refractivity contribution in [1.82, 2.24) is 26.7 Å². The minimum absolute atomic E-state index is 0.0434. The second-order valence-electron chi connectivity index (χ2n) is 9.41. The molecule has 0 rings (SSSR count). The highest BCUT2D eigenvalue weighted by Gasteiger charge is 2.30. The minimum atomic E-state index is -1.42. The first kappa shape index (κ1) is 35.2. The largest absolute Gasteiger partial charge is 0.394 e. The van der Waals surface area contributed by atoms with Gasteiger partial charge in [-0.2, -0.15) is 0 Å². The second kappa shape index (κ2) is 19.3. The van der Waals surface area contributed by atoms with Gasteiger partial charge in [-0.1, -0.05) is 13.8 Å². The average molecular weight is 547 g/mol. The van der Waals surface area contributed by atoms with Gasteiger partial charge >= 0.3 is 0 Å². The van der Waals surface area contributed by atoms with E-state index in [4.69, 9.17) is 22.0 Å². The number of aliphatic hydroxyl groups excluding tert-OH is 1. The van der Waals surface area contributed by atoms with E-state index >= 15 is 0 Å². The van der Waals surface area contributed by atoms with Crippen LogP contribution < -0.4 is 43.9 Å². The van der Waals surface area contributed by atoms with Gasteiger partial charge in [-0.25, -0.2) is 5.48 Å². The zero-order chi connectivity index (χ0) is 29.3. The number of rotatable bonds is 20. The van der Waals surface area contributed by atoms with Crippen molar-refractivity contribution in [2.24, 2.45) is 23.1 Å². The van der Waals surface area contributed by atoms with Gasteiger partial charge in [0, 0.05) is 6.54 Å². The lowest BCUT2D eigenvalue weighted by Crippen LogP contribution is -2.59. The molecular formula is C23H46N8O7. The molecule has 15 nitrogen and oxygen atoms in total. The molecule has 0 bridgehead atoms. The van der Waals surface area contributed by atoms with Gasteiger partial charge in [0.25, 0.3) is 0 Å². The van der Waals surface area contributed by atoms with E-state index in [0.29, 0.717) is 25.8 Å². The van der Waals surface area contributed by atoms with Gasteiger partial charge < -0.3 is 48.4 Å². The zero-order valence-corrected chi connectivity index (χ0v) is 22.7. The van der Waals surface area contributed by atoms with Crippen LogP contribution >= 0.6 is 0 Å². The van der Waals surface area contributed by atoms with Gasteiger partial charge in [-0.15, -0.1) is 0 Å². The number of carbonyl (C=O) groups excluding carboxylic acids is 5. The molecule has 0 aliphatic carbocycles. The summed E-state index contributed by atoms with van der Waals surface area (Å²) < 4.78 is 0. The van der Waals surface area contributed by atoms with Crippen LogP contribution in [0.4, 0.5) is 0 Å². The summed E-state index contributed by atoms with van der Waals surface area (Å²) in [7, 11) is 1.38. The summed E-state index contributed by atoms with van der Waals surface area (Å²) in [6.45, 7) is 5.05. The van der Waals surface area contributed by atoms with E-state index in [1.165, 1.54) is 14.0 Å². The summed E-state index contributed by atoms with van der Waals surface area (Å²) in [6.07, 6.45) is 1.89. The number of aliphatic hydroxyl groups is 1. The maximum Gasteiger partial charge on any atom is 0.245 e. The van der Waals surface area contributed by atoms with Crippen molar-refractivity contribution < 1.29 is 33.9 Å². The summed E-state index contributed by atoms with van der Waals surface area (Å²) in [6, 6.07) is -5.38. The number of hydroxylamine groups is 1. The highest BCUT2D eigenvalue weighted by molar-refractivity contribution is 5.95. The number of primary amides is 1. The van der Waals surface area contributed by atoms with Crippen LogP contribution in [0.2, 0.25) is 0 Å². The summed E-state index contributed by atoms with van der Waals surface area (Å²) in [5, 5.41) is 19.5. The predicted molar refractivity (Wildman–Crippen MR) is 140 cm³/mol. The number of nitrogens with two attached hydrogens (primary N) is 3. The summed E-state index contributed by atoms with van der Waals surface area (Å²) >= 11 is 0. The maximum absolute atomic E-state index is 13.0. The number of unbranched alkanes of at least 4 members (excludes halogenated alkanes) is 1. The molecule has 0 aromatic carbocycles. The normalized spacial score (nSPS) is 15.1. The van der Waals surface area contributed by atoms with Crippen LogP contribution in [0, 0.1) is 5.92 Å². The first-order valence-electron chi connectivity index (χ1n) is 12.7. The van der Waals surface area contributed by atoms with E-state index in [-0.39, 0.29) is 25.3 Å². The molecule has 0 radical (unpaired) electrons. The highest BCUT2D eigenvalue weighted by Crippen LogP contribution is 2.04. The Morgan fingerprint density at radius 3 is 1.92 bits per heavy atom. The standard InChI is InChI=1S/C23H46N8O7/c1-13(2)11-15(25)21(35)28-14(3)20(34)30-17(8-10-27-38-4)22(36)31-18(12-32)23(37)29-16(19(26)33)7-5-6-9-24/h13-18,27,32H,5-12,24-25H2,1-4H3,(H2,26,33)(H,28,35)(H,29,37)(H,30,34)(H,31,36)/t14-,15-,16-,17-,18-/m0/s1. The Balaban J connectivity index is 5.30. The molecule has 5 amide bonds. The number of hydrogen-bond acceptors (Lipinski definition) is 10. The molecule has 15 heteroatoms. The SMILES string of the molecule is CONCC[C@H](NC(=O)[C@H](C)NC(=O)[C@@H](N)CC(C)C)C(=O)N[C@@H](CO)C(=O)N[C@@H](CCCCN)C(N)=O. The average Bonchev–Trinajstić information content (AvgIpc) is 2.85. The van der Waals surface area contributed by atoms with Crippen molar-refractivity contribution in [1.29, 1.82) is 0 Å². The van der Waals surface area contributed by atoms with Gasteiger partial charge in [-0.3, -0.25) is 24.0 Å². The van der Waals surface area contributed by atoms with Crippen molar-refractivity contribution in [2.45, 2.75) is 83.1 Å². The number of carbonyl (C=O) groups is 5. The van der Waals surface area contributed by atoms with Gasteiger partial charge in [0.2, 0.25) is 29.5 Å². The lowest BCUT2D eigenvalue weighted by molar-refractivity contribution is -0.135. The first-order valence-corrected chi connectivity index (χ1v) is 12.7. The number of hydrogen-bond donors (Lipinski definition) is 9. The predicted octanol–water partition coefficient (Wildman–Crippen LogP) is -3.53. The van der Waals surface area contributed by atoms with Crippen molar-refractivity contribution >= 4 is 29.5 Å². The summed E-state index contributed by atoms with van der Waals surface area (Å²) in [5.74, 6) is -3.35. The Morgan fingerprint density at radius 2 is 1.39 bits per heavy atom. The molecule has 0 fully saturated rings. The van der Waals surface area contributed by atoms with Crippen LogP contribution in [-0.2, 0) is 28.8 Å². The first-order chi connectivity index (χ1) is 17.9. The van der Waals surface area contributed by atoms with Crippen molar-refractivity contribution in [3.63, 3.8) is 0 Å². The quantitative estimate of drug-likeness (QED) is 0.0537. The van der Waals surface area contributed by atoms with Crippen molar-refractivity contribution in [3.05, 3.63) is 0 Å². The highest BCUT2D eigenvalue weighted by atomic mass is 16.6. The summed E-state index contributed by atoms with van der Waals surface area (Å²) in [4.78, 5) is 67.0. The summed E-state index contributed by atoms with van der Waals surface area (Å²) in [5.41, 5.74) is 19.2. The molecule has 0 saturated carbocycles. The third-order valence-corrected chi connectivity index (χ3v) is 5.55. The van der Waals surface area contributed by atoms with E-state index in [1.807, 2.05) is 13.8 Å². The molecule has 38 heavy (non-hydrogen) atoms. The van der Waals surface area contributed by atoms with Crippen LogP contribution in [0.5, 0.6) is 0 Å². The zero-order valence-electron chi connectivity index (χ0n) is 22.7. The topological polar surface area (TPSA) is 253 Å². The van der Waals surface area contributed by atoms with Gasteiger partial charge in [0.05, 0.1) is 19.8 Å². The fraction of sp³-hybridized carbons (Fsp3) is 0.783. The molecule has 12 N–H and O–H groups in total. The van der Waals surface area contributed by atoms with E-state index in [9.17, 15) is 29.1 Å². The molecular weight excluding hydrogens is 500 g/mol. The molecule has 5 atom stereocenters. The molecule has 0 unspecified atom stereocenters. The maximum atomic E-state index is 13.0. The second-order valence-corrected chi connectivity index (χ2v) is 9.41. The Labute approximate surface area is 223 Å². The third-order valence-electron chi connectivity index (χ3n) is 5.55. The fourth-order valence-corrected chi connectivity index (χ4v) is 3.39. The molecule has 0 aromatic heterocycles. The molecule has 0 aliphatic rings. The van der Waals surface area contributed by atoms with Crippen LogP contribution in [0.25, 0.3) is 0 Å². The number of amides is 5. The smallest absolute Gasteiger partial charge is 0.245 e. The van der Waals surface area contributed by atoms with Crippen LogP contribution in [0.3, 0.4) is 0 Å². The van der Waals surface area contributed by atoms with Gasteiger partial charge in [0.1, 0.15) is 24.2 Å². The van der Waals surface area contributed by atoms with Crippen LogP contribution in [-0.4, -0.2) is 91.7 Å². The van der Waals surface area contributed by atoms with E-state index in [0.717, 1.165) is 0 Å². The molecule has 0 saturated heterocycles. The minimum Gasteiger partial charge on any atom is -0.394 e. The van der Waals surface area contributed by atoms with Crippen molar-refractivity contribution in [2.75, 3.05) is 26.8 Å². The van der Waals surface area contributed by atoms with Crippen LogP contribution in [0.1, 0.15) is 52.9 Å². The van der Waals surface area contributed by atoms with Crippen LogP contribution in [0.15, 0.2) is 0 Å². The molecule has 0 spiro atoms. The Hall–Kier alpha value is -2.85. The molecule has 0 heterocycles. The Morgan fingerprint density at radius 1 is 0.816 bits per heavy atom. The molecule has 0 aliphatic heterocycles. The van der Waals surface area contributed by atoms with E-state index < -0.39 is 66.4 Å². The Kier molecular flexibility index (Phi) is 17.8.